The summed E-state index contributed by atoms with van der Waals surface area (Å²) < 4.78 is 24.5. The normalized spacial score (nSPS) is 18.2. The lowest BCUT2D eigenvalue weighted by Gasteiger charge is -2.31. The maximum absolute atomic E-state index is 13.0. The first kappa shape index (κ1) is 19.7. The van der Waals surface area contributed by atoms with Gasteiger partial charge in [-0.3, -0.25) is 15.0 Å². The number of hydrogen-bond acceptors (Lipinski definition) is 5. The van der Waals surface area contributed by atoms with Crippen molar-refractivity contribution in [3.05, 3.63) is 64.5 Å². The van der Waals surface area contributed by atoms with Gasteiger partial charge in [0.2, 0.25) is 0 Å². The van der Waals surface area contributed by atoms with Crippen LogP contribution >= 0.6 is 0 Å². The Bertz CT molecular complexity index is 1060. The third kappa shape index (κ3) is 4.18. The second-order valence-corrected chi connectivity index (χ2v) is 7.86. The van der Waals surface area contributed by atoms with Gasteiger partial charge < -0.3 is 14.4 Å². The third-order valence-electron chi connectivity index (χ3n) is 5.80. The molecular weight excluding hydrogens is 401 g/mol. The van der Waals surface area contributed by atoms with Gasteiger partial charge in [0.15, 0.2) is 5.69 Å². The molecule has 8 nitrogen and oxygen atoms in total. The van der Waals surface area contributed by atoms with E-state index in [4.69, 9.17) is 9.47 Å². The molecule has 0 unspecified atom stereocenters. The molecule has 2 aliphatic rings. The number of halogens is 1. The highest BCUT2D eigenvalue weighted by Crippen LogP contribution is 2.26. The number of nitrogens with zero attached hydrogens (tertiary/aromatic N) is 3. The molecule has 0 bridgehead atoms. The number of rotatable bonds is 6. The van der Waals surface area contributed by atoms with Crippen LogP contribution in [0.5, 0.6) is 5.75 Å². The molecule has 3 heterocycles. The molecule has 1 atom stereocenters. The SMILES string of the molecule is O=C(c1n[nH]c2c1CCC2)N1CCO[C@H](c2cc(CCOc3ccc(F)cc3)[nH]n2)C1. The Kier molecular flexibility index (Phi) is 5.42. The van der Waals surface area contributed by atoms with Crippen molar-refractivity contribution in [2.45, 2.75) is 31.8 Å². The van der Waals surface area contributed by atoms with Crippen LogP contribution in [0, 0.1) is 5.82 Å². The van der Waals surface area contributed by atoms with E-state index in [1.165, 1.54) is 12.1 Å². The van der Waals surface area contributed by atoms with Crippen LogP contribution in [-0.2, 0) is 24.0 Å². The molecule has 0 radical (unpaired) electrons. The van der Waals surface area contributed by atoms with Crippen molar-refractivity contribution < 1.29 is 18.7 Å². The van der Waals surface area contributed by atoms with E-state index in [1.54, 1.807) is 17.0 Å². The minimum atomic E-state index is -0.290. The van der Waals surface area contributed by atoms with Crippen LogP contribution in [0.2, 0.25) is 0 Å². The van der Waals surface area contributed by atoms with Gasteiger partial charge in [-0.15, -0.1) is 0 Å². The van der Waals surface area contributed by atoms with E-state index in [9.17, 15) is 9.18 Å². The number of aromatic amines is 2. The van der Waals surface area contributed by atoms with Crippen LogP contribution in [0.25, 0.3) is 0 Å². The zero-order valence-electron chi connectivity index (χ0n) is 17.1. The molecule has 2 aromatic heterocycles. The van der Waals surface area contributed by atoms with E-state index < -0.39 is 0 Å². The zero-order valence-corrected chi connectivity index (χ0v) is 17.1. The van der Waals surface area contributed by atoms with Crippen molar-refractivity contribution >= 4 is 5.91 Å². The van der Waals surface area contributed by atoms with Crippen LogP contribution in [0.1, 0.15) is 45.7 Å². The predicted octanol–water partition coefficient (Wildman–Crippen LogP) is 2.60. The van der Waals surface area contributed by atoms with E-state index in [1.807, 2.05) is 6.07 Å². The van der Waals surface area contributed by atoms with Gasteiger partial charge in [-0.05, 0) is 49.6 Å². The minimum Gasteiger partial charge on any atom is -0.493 e. The summed E-state index contributed by atoms with van der Waals surface area (Å²) >= 11 is 0. The Labute approximate surface area is 178 Å². The Hall–Kier alpha value is -3.20. The van der Waals surface area contributed by atoms with Gasteiger partial charge >= 0.3 is 0 Å². The highest BCUT2D eigenvalue weighted by Gasteiger charge is 2.31. The molecule has 0 spiro atoms. The number of morpholine rings is 1. The lowest BCUT2D eigenvalue weighted by Crippen LogP contribution is -2.42. The Morgan fingerprint density at radius 3 is 2.97 bits per heavy atom. The van der Waals surface area contributed by atoms with Crippen LogP contribution in [0.4, 0.5) is 4.39 Å². The summed E-state index contributed by atoms with van der Waals surface area (Å²) in [5.41, 5.74) is 4.38. The van der Waals surface area contributed by atoms with E-state index in [2.05, 4.69) is 20.4 Å². The number of hydrogen-bond donors (Lipinski definition) is 2. The number of benzene rings is 1. The quantitative estimate of drug-likeness (QED) is 0.633. The fourth-order valence-electron chi connectivity index (χ4n) is 4.14. The summed E-state index contributed by atoms with van der Waals surface area (Å²) in [5, 5.41) is 14.7. The summed E-state index contributed by atoms with van der Waals surface area (Å²) in [6, 6.07) is 7.88. The molecule has 5 rings (SSSR count). The van der Waals surface area contributed by atoms with Crippen molar-refractivity contribution in [1.29, 1.82) is 0 Å². The monoisotopic (exact) mass is 425 g/mol. The number of H-pyrrole nitrogens is 2. The lowest BCUT2D eigenvalue weighted by molar-refractivity contribution is -0.0249. The highest BCUT2D eigenvalue weighted by atomic mass is 19.1. The Balaban J connectivity index is 1.18. The average Bonchev–Trinajstić information content (AvgIpc) is 3.52. The fraction of sp³-hybridized carbons (Fsp3) is 0.409. The number of amides is 1. The zero-order chi connectivity index (χ0) is 21.2. The van der Waals surface area contributed by atoms with Gasteiger partial charge in [0.05, 0.1) is 25.5 Å². The minimum absolute atomic E-state index is 0.0452. The van der Waals surface area contributed by atoms with E-state index >= 15 is 0 Å². The van der Waals surface area contributed by atoms with Gasteiger partial charge in [0.25, 0.3) is 5.91 Å². The average molecular weight is 425 g/mol. The molecule has 1 aliphatic carbocycles. The van der Waals surface area contributed by atoms with Gasteiger partial charge in [0.1, 0.15) is 17.7 Å². The molecule has 1 amide bonds. The molecule has 3 aromatic rings. The molecule has 2 N–H and O–H groups in total. The van der Waals surface area contributed by atoms with E-state index in [-0.39, 0.29) is 17.8 Å². The van der Waals surface area contributed by atoms with Crippen molar-refractivity contribution in [2.24, 2.45) is 0 Å². The maximum atomic E-state index is 13.0. The molecular formula is C22H24FN5O3. The number of carbonyl (C=O) groups is 1. The lowest BCUT2D eigenvalue weighted by atomic mass is 10.1. The molecule has 9 heteroatoms. The van der Waals surface area contributed by atoms with Crippen molar-refractivity contribution in [2.75, 3.05) is 26.3 Å². The number of aryl methyl sites for hydroxylation is 1. The van der Waals surface area contributed by atoms with Crippen molar-refractivity contribution in [3.8, 4) is 5.75 Å². The molecule has 1 aliphatic heterocycles. The van der Waals surface area contributed by atoms with E-state index in [0.717, 1.165) is 41.9 Å². The number of aromatic nitrogens is 4. The molecule has 1 aromatic carbocycles. The van der Waals surface area contributed by atoms with Crippen LogP contribution in [0.15, 0.2) is 30.3 Å². The summed E-state index contributed by atoms with van der Waals surface area (Å²) in [7, 11) is 0. The van der Waals surface area contributed by atoms with Gasteiger partial charge in [-0.25, -0.2) is 4.39 Å². The van der Waals surface area contributed by atoms with Crippen LogP contribution < -0.4 is 4.74 Å². The van der Waals surface area contributed by atoms with Gasteiger partial charge in [-0.1, -0.05) is 0 Å². The standard InChI is InChI=1S/C22H24FN5O3/c23-14-4-6-16(7-5-14)30-10-8-15-12-19(26-24-15)20-13-28(9-11-31-20)22(29)21-17-2-1-3-18(17)25-27-21/h4-7,12,20H,1-3,8-11,13H2,(H,24,26)(H,25,27)/t20-/m0/s1. The molecule has 162 valence electrons. The third-order valence-corrected chi connectivity index (χ3v) is 5.80. The summed E-state index contributed by atoms with van der Waals surface area (Å²) in [5.74, 6) is 0.286. The number of nitrogens with one attached hydrogen (secondary N) is 2. The van der Waals surface area contributed by atoms with Gasteiger partial charge in [-0.2, -0.15) is 10.2 Å². The topological polar surface area (TPSA) is 96.1 Å². The highest BCUT2D eigenvalue weighted by molar-refractivity contribution is 5.94. The van der Waals surface area contributed by atoms with Crippen LogP contribution in [-0.4, -0.2) is 57.5 Å². The largest absolute Gasteiger partial charge is 0.493 e. The predicted molar refractivity (Wildman–Crippen MR) is 109 cm³/mol. The van der Waals surface area contributed by atoms with Crippen LogP contribution in [0.3, 0.4) is 0 Å². The molecule has 1 saturated heterocycles. The van der Waals surface area contributed by atoms with Crippen molar-refractivity contribution in [3.63, 3.8) is 0 Å². The Morgan fingerprint density at radius 2 is 2.10 bits per heavy atom. The maximum Gasteiger partial charge on any atom is 0.274 e. The first-order valence-electron chi connectivity index (χ1n) is 10.6. The number of ether oxygens (including phenoxy) is 2. The first-order chi connectivity index (χ1) is 15.2. The Morgan fingerprint density at radius 1 is 1.23 bits per heavy atom. The second-order valence-electron chi connectivity index (χ2n) is 7.86. The second kappa shape index (κ2) is 8.50. The molecule has 1 fully saturated rings. The fourth-order valence-corrected chi connectivity index (χ4v) is 4.14. The number of fused-ring (bicyclic) bond motifs is 1. The van der Waals surface area contributed by atoms with Crippen molar-refractivity contribution in [1.82, 2.24) is 25.3 Å². The molecule has 31 heavy (non-hydrogen) atoms. The summed E-state index contributed by atoms with van der Waals surface area (Å²) in [6.07, 6.45) is 3.27. The molecule has 0 saturated carbocycles. The van der Waals surface area contributed by atoms with Gasteiger partial charge in [0, 0.05) is 29.9 Å². The van der Waals surface area contributed by atoms with E-state index in [0.29, 0.717) is 44.2 Å². The first-order valence-corrected chi connectivity index (χ1v) is 10.6. The smallest absolute Gasteiger partial charge is 0.274 e. The summed E-state index contributed by atoms with van der Waals surface area (Å²) in [4.78, 5) is 14.8. The number of carbonyl (C=O) groups excluding carboxylic acids is 1. The summed E-state index contributed by atoms with van der Waals surface area (Å²) in [6.45, 7) is 1.88.